The van der Waals surface area contributed by atoms with Gasteiger partial charge < -0.3 is 20.3 Å². The van der Waals surface area contributed by atoms with Crippen molar-refractivity contribution in [3.8, 4) is 5.75 Å². The van der Waals surface area contributed by atoms with Crippen molar-refractivity contribution in [3.63, 3.8) is 0 Å². The van der Waals surface area contributed by atoms with E-state index in [1.54, 1.807) is 0 Å². The highest BCUT2D eigenvalue weighted by molar-refractivity contribution is 5.80. The zero-order chi connectivity index (χ0) is 19.8. The number of hydrogen-bond acceptors (Lipinski definition) is 3. The Balaban J connectivity index is 1.55. The van der Waals surface area contributed by atoms with E-state index < -0.39 is 0 Å². The molecule has 1 saturated carbocycles. The lowest BCUT2D eigenvalue weighted by Crippen LogP contribution is -2.46. The Morgan fingerprint density at radius 1 is 1.18 bits per heavy atom. The van der Waals surface area contributed by atoms with Gasteiger partial charge in [0, 0.05) is 25.6 Å². The number of rotatable bonds is 8. The maximum absolute atomic E-state index is 6.48. The summed E-state index contributed by atoms with van der Waals surface area (Å²) in [4.78, 5) is 6.96. The number of unbranched alkanes of at least 4 members (excludes halogenated alkanes) is 1. The maximum atomic E-state index is 6.48. The number of nitrogens with zero attached hydrogens (tertiary/aromatic N) is 2. The second-order valence-electron chi connectivity index (χ2n) is 8.16. The minimum absolute atomic E-state index is 0.00857. The van der Waals surface area contributed by atoms with E-state index in [0.717, 1.165) is 57.0 Å². The van der Waals surface area contributed by atoms with Crippen LogP contribution in [0.25, 0.3) is 0 Å². The molecule has 1 fully saturated rings. The second-order valence-corrected chi connectivity index (χ2v) is 8.16. The molecule has 5 nitrogen and oxygen atoms in total. The van der Waals surface area contributed by atoms with Gasteiger partial charge in [0.05, 0.1) is 6.04 Å². The Morgan fingerprint density at radius 2 is 1.93 bits per heavy atom. The average molecular weight is 387 g/mol. The molecule has 0 aromatic heterocycles. The van der Waals surface area contributed by atoms with Gasteiger partial charge >= 0.3 is 0 Å². The number of para-hydroxylation sites is 1. The Labute approximate surface area is 170 Å². The lowest BCUT2D eigenvalue weighted by Gasteiger charge is -2.40. The van der Waals surface area contributed by atoms with E-state index in [2.05, 4.69) is 58.6 Å². The van der Waals surface area contributed by atoms with Gasteiger partial charge in [0.2, 0.25) is 0 Å². The minimum Gasteiger partial charge on any atom is -0.487 e. The van der Waals surface area contributed by atoms with Crippen molar-refractivity contribution < 1.29 is 4.74 Å². The van der Waals surface area contributed by atoms with Crippen LogP contribution in [0.2, 0.25) is 0 Å². The van der Waals surface area contributed by atoms with Crippen LogP contribution >= 0.6 is 0 Å². The largest absolute Gasteiger partial charge is 0.487 e. The number of guanidine groups is 1. The molecule has 1 aromatic carbocycles. The van der Waals surface area contributed by atoms with E-state index in [4.69, 9.17) is 4.74 Å². The zero-order valence-electron chi connectivity index (χ0n) is 18.0. The number of nitrogens with one attached hydrogen (secondary N) is 2. The van der Waals surface area contributed by atoms with Gasteiger partial charge in [-0.2, -0.15) is 0 Å². The molecular formula is C23H38N4O. The average Bonchev–Trinajstić information content (AvgIpc) is 3.17. The fraction of sp³-hybridized carbons (Fsp3) is 0.696. The van der Waals surface area contributed by atoms with Crippen molar-refractivity contribution in [3.05, 3.63) is 29.8 Å². The lowest BCUT2D eigenvalue weighted by molar-refractivity contribution is 0.0396. The van der Waals surface area contributed by atoms with Crippen LogP contribution in [-0.2, 0) is 0 Å². The van der Waals surface area contributed by atoms with E-state index in [1.807, 2.05) is 7.05 Å². The van der Waals surface area contributed by atoms with Gasteiger partial charge in [-0.1, -0.05) is 32.0 Å². The summed E-state index contributed by atoms with van der Waals surface area (Å²) < 4.78 is 6.48. The Hall–Kier alpha value is -1.75. The first-order chi connectivity index (χ1) is 13.7. The normalized spacial score (nSPS) is 20.9. The highest BCUT2D eigenvalue weighted by atomic mass is 16.5. The van der Waals surface area contributed by atoms with Crippen molar-refractivity contribution in [1.29, 1.82) is 0 Å². The van der Waals surface area contributed by atoms with E-state index in [-0.39, 0.29) is 11.6 Å². The summed E-state index contributed by atoms with van der Waals surface area (Å²) in [6, 6.07) is 8.74. The molecule has 1 aliphatic carbocycles. The molecule has 1 atom stereocenters. The monoisotopic (exact) mass is 386 g/mol. The Kier molecular flexibility index (Phi) is 7.60. The van der Waals surface area contributed by atoms with Crippen molar-refractivity contribution in [2.45, 2.75) is 70.4 Å². The third-order valence-electron chi connectivity index (χ3n) is 6.33. The standard InChI is InChI=1S/C23H38N4O/c1-4-27(5-2)17-11-10-16-25-22(24-3)26-20-18-23(14-8-9-15-23)28-21-13-7-6-12-19(20)21/h6-7,12-13,20H,4-5,8-11,14-18H2,1-3H3,(H2,24,25,26). The van der Waals surface area contributed by atoms with E-state index in [9.17, 15) is 0 Å². The van der Waals surface area contributed by atoms with Gasteiger partial charge in [0.1, 0.15) is 11.4 Å². The Bertz CT molecular complexity index is 635. The van der Waals surface area contributed by atoms with Crippen LogP contribution in [0.1, 0.15) is 70.4 Å². The molecule has 1 spiro atoms. The molecule has 3 rings (SSSR count). The summed E-state index contributed by atoms with van der Waals surface area (Å²) in [7, 11) is 1.86. The number of aliphatic imine (C=N–C) groups is 1. The van der Waals surface area contributed by atoms with Gasteiger partial charge in [0.15, 0.2) is 5.96 Å². The third kappa shape index (κ3) is 5.19. The molecule has 0 radical (unpaired) electrons. The molecule has 5 heteroatoms. The first-order valence-corrected chi connectivity index (χ1v) is 11.2. The molecule has 2 N–H and O–H groups in total. The molecule has 1 unspecified atom stereocenters. The fourth-order valence-corrected chi connectivity index (χ4v) is 4.64. The van der Waals surface area contributed by atoms with Crippen LogP contribution in [0.3, 0.4) is 0 Å². The molecular weight excluding hydrogens is 348 g/mol. The molecule has 0 saturated heterocycles. The van der Waals surface area contributed by atoms with Crippen LogP contribution in [0.4, 0.5) is 0 Å². The summed E-state index contributed by atoms with van der Waals surface area (Å²) >= 11 is 0. The van der Waals surface area contributed by atoms with Crippen molar-refractivity contribution in [2.75, 3.05) is 33.2 Å². The first-order valence-electron chi connectivity index (χ1n) is 11.2. The quantitative estimate of drug-likeness (QED) is 0.401. The topological polar surface area (TPSA) is 48.9 Å². The van der Waals surface area contributed by atoms with Crippen molar-refractivity contribution in [1.82, 2.24) is 15.5 Å². The summed E-state index contributed by atoms with van der Waals surface area (Å²) in [5.41, 5.74) is 1.26. The van der Waals surface area contributed by atoms with Gasteiger partial charge in [-0.25, -0.2) is 0 Å². The molecule has 0 amide bonds. The van der Waals surface area contributed by atoms with E-state index >= 15 is 0 Å². The van der Waals surface area contributed by atoms with Gasteiger partial charge in [0.25, 0.3) is 0 Å². The number of ether oxygens (including phenoxy) is 1. The van der Waals surface area contributed by atoms with Gasteiger partial charge in [-0.05, 0) is 64.2 Å². The maximum Gasteiger partial charge on any atom is 0.191 e. The van der Waals surface area contributed by atoms with Crippen LogP contribution in [-0.4, -0.2) is 49.7 Å². The van der Waals surface area contributed by atoms with Crippen LogP contribution < -0.4 is 15.4 Å². The zero-order valence-corrected chi connectivity index (χ0v) is 18.0. The predicted molar refractivity (Wildman–Crippen MR) is 117 cm³/mol. The third-order valence-corrected chi connectivity index (χ3v) is 6.33. The van der Waals surface area contributed by atoms with Crippen LogP contribution in [0.5, 0.6) is 5.75 Å². The predicted octanol–water partition coefficient (Wildman–Crippen LogP) is 4.11. The van der Waals surface area contributed by atoms with Crippen LogP contribution in [0, 0.1) is 0 Å². The number of fused-ring (bicyclic) bond motifs is 1. The molecule has 0 bridgehead atoms. The highest BCUT2D eigenvalue weighted by Crippen LogP contribution is 2.46. The summed E-state index contributed by atoms with van der Waals surface area (Å²) in [6.07, 6.45) is 8.27. The molecule has 1 aromatic rings. The second kappa shape index (κ2) is 10.1. The van der Waals surface area contributed by atoms with Gasteiger partial charge in [-0.3, -0.25) is 4.99 Å². The molecule has 2 aliphatic rings. The molecule has 1 aliphatic heterocycles. The number of benzene rings is 1. The summed E-state index contributed by atoms with van der Waals surface area (Å²) in [5.74, 6) is 1.94. The molecule has 156 valence electrons. The Morgan fingerprint density at radius 3 is 2.64 bits per heavy atom. The molecule has 1 heterocycles. The summed E-state index contributed by atoms with van der Waals surface area (Å²) in [6.45, 7) is 8.87. The van der Waals surface area contributed by atoms with E-state index in [1.165, 1.54) is 31.4 Å². The number of hydrogen-bond donors (Lipinski definition) is 2. The minimum atomic E-state index is 0.00857. The van der Waals surface area contributed by atoms with E-state index in [0.29, 0.717) is 0 Å². The van der Waals surface area contributed by atoms with Gasteiger partial charge in [-0.15, -0.1) is 0 Å². The fourth-order valence-electron chi connectivity index (χ4n) is 4.64. The smallest absolute Gasteiger partial charge is 0.191 e. The van der Waals surface area contributed by atoms with Crippen molar-refractivity contribution >= 4 is 5.96 Å². The highest BCUT2D eigenvalue weighted by Gasteiger charge is 2.43. The SMILES string of the molecule is CCN(CC)CCCCNC(=NC)NC1CC2(CCCC2)Oc2ccccc21. The molecule has 28 heavy (non-hydrogen) atoms. The van der Waals surface area contributed by atoms with Crippen molar-refractivity contribution in [2.24, 2.45) is 4.99 Å². The summed E-state index contributed by atoms with van der Waals surface area (Å²) in [5, 5.41) is 7.20. The lowest BCUT2D eigenvalue weighted by atomic mass is 9.86. The van der Waals surface area contributed by atoms with Crippen LogP contribution in [0.15, 0.2) is 29.3 Å². The first kappa shape index (κ1) is 21.0.